The molecule has 26 heavy (non-hydrogen) atoms. The Kier molecular flexibility index (Phi) is 5.50. The summed E-state index contributed by atoms with van der Waals surface area (Å²) in [4.78, 5) is 0.297. The van der Waals surface area contributed by atoms with Gasteiger partial charge in [-0.2, -0.15) is 4.31 Å². The third-order valence-corrected chi connectivity index (χ3v) is 9.17. The summed E-state index contributed by atoms with van der Waals surface area (Å²) in [6.07, 6.45) is 1.89. The first-order valence-corrected chi connectivity index (χ1v) is 12.3. The van der Waals surface area contributed by atoms with Crippen molar-refractivity contribution in [1.29, 1.82) is 0 Å². The van der Waals surface area contributed by atoms with Crippen molar-refractivity contribution in [3.63, 3.8) is 0 Å². The number of hydrogen-bond acceptors (Lipinski definition) is 5. The second-order valence-corrected chi connectivity index (χ2v) is 11.6. The molecule has 0 N–H and O–H groups in total. The van der Waals surface area contributed by atoms with Crippen molar-refractivity contribution in [1.82, 2.24) is 4.31 Å². The van der Waals surface area contributed by atoms with E-state index in [0.717, 1.165) is 18.4 Å². The molecule has 1 aromatic carbocycles. The van der Waals surface area contributed by atoms with E-state index in [4.69, 9.17) is 4.74 Å². The summed E-state index contributed by atoms with van der Waals surface area (Å²) in [6, 6.07) is 3.19. The first kappa shape index (κ1) is 19.8. The average Bonchev–Trinajstić information content (AvgIpc) is 3.12. The van der Waals surface area contributed by atoms with Crippen LogP contribution in [0.5, 0.6) is 0 Å². The van der Waals surface area contributed by atoms with Crippen LogP contribution in [-0.2, 0) is 24.6 Å². The Labute approximate surface area is 156 Å². The standard InChI is InChI=1S/C18H27NO5S2/c1-13-9-14(2)18(15(3)10-13)26(22,23)19(11-17-5-4-7-24-17)16-6-8-25(20,21)12-16/h9-10,16-17H,4-8,11-12H2,1-3H3/t16-,17-/m1/s1. The third-order valence-electron chi connectivity index (χ3n) is 5.19. The van der Waals surface area contributed by atoms with Gasteiger partial charge in [-0.05, 0) is 51.2 Å². The lowest BCUT2D eigenvalue weighted by Gasteiger charge is -2.30. The molecule has 3 rings (SSSR count). The Morgan fingerprint density at radius 1 is 1.15 bits per heavy atom. The molecule has 0 radical (unpaired) electrons. The fourth-order valence-corrected chi connectivity index (χ4v) is 8.05. The van der Waals surface area contributed by atoms with Crippen LogP contribution >= 0.6 is 0 Å². The molecule has 0 aromatic heterocycles. The zero-order valence-corrected chi connectivity index (χ0v) is 17.2. The van der Waals surface area contributed by atoms with E-state index in [1.807, 2.05) is 19.1 Å². The van der Waals surface area contributed by atoms with Gasteiger partial charge in [-0.3, -0.25) is 0 Å². The quantitative estimate of drug-likeness (QED) is 0.753. The van der Waals surface area contributed by atoms with Gasteiger partial charge in [0.25, 0.3) is 0 Å². The number of hydrogen-bond donors (Lipinski definition) is 0. The molecule has 146 valence electrons. The Bertz CT molecular complexity index is 863. The van der Waals surface area contributed by atoms with Crippen LogP contribution < -0.4 is 0 Å². The Balaban J connectivity index is 2.02. The molecule has 0 aliphatic carbocycles. The van der Waals surface area contributed by atoms with Crippen LogP contribution in [0.25, 0.3) is 0 Å². The van der Waals surface area contributed by atoms with Crippen LogP contribution in [0.3, 0.4) is 0 Å². The molecule has 0 unspecified atom stereocenters. The lowest BCUT2D eigenvalue weighted by molar-refractivity contribution is 0.0876. The van der Waals surface area contributed by atoms with E-state index in [2.05, 4.69) is 0 Å². The summed E-state index contributed by atoms with van der Waals surface area (Å²) in [5, 5.41) is 0. The molecule has 6 nitrogen and oxygen atoms in total. The Morgan fingerprint density at radius 3 is 2.31 bits per heavy atom. The predicted molar refractivity (Wildman–Crippen MR) is 101 cm³/mol. The van der Waals surface area contributed by atoms with Gasteiger partial charge in [-0.25, -0.2) is 16.8 Å². The SMILES string of the molecule is Cc1cc(C)c(S(=O)(=O)N(C[C@H]2CCCO2)[C@@H]2CCS(=O)(=O)C2)c(C)c1. The topological polar surface area (TPSA) is 80.8 Å². The number of nitrogens with zero attached hydrogens (tertiary/aromatic N) is 1. The first-order chi connectivity index (χ1) is 12.1. The fraction of sp³-hybridized carbons (Fsp3) is 0.667. The number of aryl methyl sites for hydroxylation is 3. The molecular weight excluding hydrogens is 374 g/mol. The minimum Gasteiger partial charge on any atom is -0.377 e. The van der Waals surface area contributed by atoms with Crippen molar-refractivity contribution >= 4 is 19.9 Å². The maximum atomic E-state index is 13.5. The van der Waals surface area contributed by atoms with Crippen molar-refractivity contribution in [3.05, 3.63) is 28.8 Å². The monoisotopic (exact) mass is 401 g/mol. The van der Waals surface area contributed by atoms with Crippen LogP contribution in [-0.4, -0.2) is 57.9 Å². The number of sulfonamides is 1. The number of rotatable bonds is 5. The fourth-order valence-electron chi connectivity index (χ4n) is 4.13. The number of benzene rings is 1. The molecule has 8 heteroatoms. The van der Waals surface area contributed by atoms with Gasteiger partial charge in [0.15, 0.2) is 9.84 Å². The van der Waals surface area contributed by atoms with E-state index in [9.17, 15) is 16.8 Å². The van der Waals surface area contributed by atoms with Crippen molar-refractivity contribution in [2.75, 3.05) is 24.7 Å². The molecule has 0 amide bonds. The molecule has 1 aromatic rings. The van der Waals surface area contributed by atoms with Crippen molar-refractivity contribution in [2.45, 2.75) is 57.1 Å². The molecule has 0 bridgehead atoms. The highest BCUT2D eigenvalue weighted by molar-refractivity contribution is 7.92. The summed E-state index contributed by atoms with van der Waals surface area (Å²) in [7, 11) is -7.00. The first-order valence-electron chi connectivity index (χ1n) is 9.02. The van der Waals surface area contributed by atoms with Crippen LogP contribution in [0.15, 0.2) is 17.0 Å². The zero-order chi connectivity index (χ0) is 19.1. The van der Waals surface area contributed by atoms with E-state index in [-0.39, 0.29) is 24.2 Å². The molecule has 2 saturated heterocycles. The lowest BCUT2D eigenvalue weighted by atomic mass is 10.1. The van der Waals surface area contributed by atoms with Gasteiger partial charge in [-0.1, -0.05) is 17.7 Å². The summed E-state index contributed by atoms with van der Waals surface area (Å²) in [5.74, 6) is -0.0655. The van der Waals surface area contributed by atoms with Crippen LogP contribution in [0.4, 0.5) is 0 Å². The van der Waals surface area contributed by atoms with Gasteiger partial charge in [0.05, 0.1) is 22.5 Å². The summed E-state index contributed by atoms with van der Waals surface area (Å²) >= 11 is 0. The minimum atomic E-state index is -3.81. The molecule has 0 spiro atoms. The second kappa shape index (κ2) is 7.22. The Morgan fingerprint density at radius 2 is 1.81 bits per heavy atom. The van der Waals surface area contributed by atoms with Gasteiger partial charge >= 0.3 is 0 Å². The maximum Gasteiger partial charge on any atom is 0.243 e. The molecule has 2 aliphatic heterocycles. The van der Waals surface area contributed by atoms with Crippen LogP contribution in [0, 0.1) is 20.8 Å². The minimum absolute atomic E-state index is 0.0427. The van der Waals surface area contributed by atoms with Crippen molar-refractivity contribution in [3.8, 4) is 0 Å². The van der Waals surface area contributed by atoms with E-state index in [0.29, 0.717) is 29.1 Å². The van der Waals surface area contributed by atoms with Gasteiger partial charge in [0.2, 0.25) is 10.0 Å². The normalized spacial score (nSPS) is 25.8. The van der Waals surface area contributed by atoms with Gasteiger partial charge < -0.3 is 4.74 Å². The molecule has 2 heterocycles. The maximum absolute atomic E-state index is 13.5. The van der Waals surface area contributed by atoms with Gasteiger partial charge in [0.1, 0.15) is 0 Å². The molecule has 2 fully saturated rings. The van der Waals surface area contributed by atoms with Crippen molar-refractivity contribution < 1.29 is 21.6 Å². The van der Waals surface area contributed by atoms with Crippen LogP contribution in [0.2, 0.25) is 0 Å². The van der Waals surface area contributed by atoms with E-state index >= 15 is 0 Å². The van der Waals surface area contributed by atoms with Gasteiger partial charge in [0, 0.05) is 19.2 Å². The molecule has 2 atom stereocenters. The van der Waals surface area contributed by atoms with Crippen LogP contribution in [0.1, 0.15) is 36.0 Å². The number of ether oxygens (including phenoxy) is 1. The van der Waals surface area contributed by atoms with E-state index in [1.165, 1.54) is 4.31 Å². The zero-order valence-electron chi connectivity index (χ0n) is 15.6. The van der Waals surface area contributed by atoms with Crippen molar-refractivity contribution in [2.24, 2.45) is 0 Å². The number of sulfone groups is 1. The molecular formula is C18H27NO5S2. The Hall–Kier alpha value is -0.960. The smallest absolute Gasteiger partial charge is 0.243 e. The third kappa shape index (κ3) is 3.98. The van der Waals surface area contributed by atoms with E-state index < -0.39 is 25.9 Å². The lowest BCUT2D eigenvalue weighted by Crippen LogP contribution is -2.45. The highest BCUT2D eigenvalue weighted by Crippen LogP contribution is 2.31. The average molecular weight is 402 g/mol. The highest BCUT2D eigenvalue weighted by Gasteiger charge is 2.41. The molecule has 0 saturated carbocycles. The second-order valence-electron chi connectivity index (χ2n) is 7.49. The summed E-state index contributed by atoms with van der Waals surface area (Å²) in [6.45, 7) is 6.37. The highest BCUT2D eigenvalue weighted by atomic mass is 32.2. The van der Waals surface area contributed by atoms with E-state index in [1.54, 1.807) is 13.8 Å². The predicted octanol–water partition coefficient (Wildman–Crippen LogP) is 1.97. The summed E-state index contributed by atoms with van der Waals surface area (Å²) in [5.41, 5.74) is 2.40. The summed E-state index contributed by atoms with van der Waals surface area (Å²) < 4.78 is 58.1. The largest absolute Gasteiger partial charge is 0.377 e. The molecule has 2 aliphatic rings. The van der Waals surface area contributed by atoms with Gasteiger partial charge in [-0.15, -0.1) is 0 Å².